The van der Waals surface area contributed by atoms with Crippen LogP contribution in [0.3, 0.4) is 0 Å². The lowest BCUT2D eigenvalue weighted by Gasteiger charge is -2.15. The first kappa shape index (κ1) is 21.1. The van der Waals surface area contributed by atoms with Gasteiger partial charge in [-0.25, -0.2) is 0 Å². The van der Waals surface area contributed by atoms with Gasteiger partial charge in [0, 0.05) is 19.8 Å². The molecule has 0 spiro atoms. The second-order valence-electron chi connectivity index (χ2n) is 7.27. The molecule has 0 bridgehead atoms. The van der Waals surface area contributed by atoms with Crippen LogP contribution in [0, 0.1) is 0 Å². The van der Waals surface area contributed by atoms with E-state index in [1.807, 2.05) is 68.7 Å². The fourth-order valence-electron chi connectivity index (χ4n) is 3.07. The molecule has 1 atom stereocenters. The highest BCUT2D eigenvalue weighted by Crippen LogP contribution is 2.32. The molecule has 3 rings (SSSR count). The second kappa shape index (κ2) is 10.3. The molecule has 1 aliphatic rings. The minimum atomic E-state index is -0.0630. The van der Waals surface area contributed by atoms with Gasteiger partial charge in [0.15, 0.2) is 5.17 Å². The molecular formula is C23H28N4OS. The number of hydrogen-bond donors (Lipinski definition) is 0. The third-order valence-corrected chi connectivity index (χ3v) is 6.02. The maximum atomic E-state index is 12.9. The van der Waals surface area contributed by atoms with Crippen LogP contribution in [0.5, 0.6) is 0 Å². The maximum absolute atomic E-state index is 12.9. The number of carbonyl (C=O) groups is 1. The van der Waals surface area contributed by atoms with Crippen molar-refractivity contribution in [3.8, 4) is 0 Å². The van der Waals surface area contributed by atoms with Crippen LogP contribution >= 0.6 is 11.8 Å². The Bertz CT molecular complexity index is 862. The molecule has 0 aliphatic carbocycles. The molecule has 152 valence electrons. The molecule has 0 radical (unpaired) electrons. The van der Waals surface area contributed by atoms with E-state index in [1.54, 1.807) is 11.1 Å². The van der Waals surface area contributed by atoms with Crippen LogP contribution in [-0.4, -0.2) is 41.5 Å². The van der Waals surface area contributed by atoms with Crippen molar-refractivity contribution in [1.29, 1.82) is 0 Å². The van der Waals surface area contributed by atoms with Gasteiger partial charge in [0.05, 0.1) is 18.0 Å². The average molecular weight is 409 g/mol. The largest absolute Gasteiger partial charge is 0.378 e. The Morgan fingerprint density at radius 2 is 1.83 bits per heavy atom. The molecule has 2 aromatic rings. The maximum Gasteiger partial charge on any atom is 0.242 e. The van der Waals surface area contributed by atoms with Crippen molar-refractivity contribution in [3.63, 3.8) is 0 Å². The lowest BCUT2D eigenvalue weighted by molar-refractivity contribution is -0.126. The number of amides is 1. The number of unbranched alkanes of at least 4 members (excludes halogenated alkanes) is 1. The number of amidine groups is 1. The van der Waals surface area contributed by atoms with Crippen LogP contribution in [0.15, 0.2) is 64.8 Å². The van der Waals surface area contributed by atoms with Crippen molar-refractivity contribution in [2.45, 2.75) is 38.0 Å². The van der Waals surface area contributed by atoms with Gasteiger partial charge in [-0.1, -0.05) is 74.0 Å². The van der Waals surface area contributed by atoms with Gasteiger partial charge in [0.1, 0.15) is 0 Å². The van der Waals surface area contributed by atoms with Crippen LogP contribution in [0.2, 0.25) is 0 Å². The highest BCUT2D eigenvalue weighted by molar-refractivity contribution is 8.15. The van der Waals surface area contributed by atoms with Gasteiger partial charge in [-0.15, -0.1) is 5.10 Å². The van der Waals surface area contributed by atoms with E-state index in [1.165, 1.54) is 11.8 Å². The normalized spacial score (nSPS) is 18.2. The predicted octanol–water partition coefficient (Wildman–Crippen LogP) is 4.78. The Hall–Kier alpha value is -2.60. The molecule has 1 heterocycles. The van der Waals surface area contributed by atoms with E-state index in [0.29, 0.717) is 11.7 Å². The molecule has 0 saturated carbocycles. The van der Waals surface area contributed by atoms with Gasteiger partial charge < -0.3 is 4.90 Å². The first-order valence-corrected chi connectivity index (χ1v) is 10.9. The lowest BCUT2D eigenvalue weighted by atomic mass is 10.1. The van der Waals surface area contributed by atoms with Crippen LogP contribution in [0.1, 0.15) is 37.3 Å². The standard InChI is InChI=1S/C23H28N4OS/c1-4-5-11-21-22(28)27(17-19-9-7-6-8-10-19)23(29-21)25-24-16-18-12-14-20(15-13-18)26(2)3/h6-10,12-16,21H,4-5,11,17H2,1-3H3/b24-16-,25-23+/t21-/m1/s1. The molecule has 1 fully saturated rings. The molecule has 2 aromatic carbocycles. The van der Waals surface area contributed by atoms with Crippen molar-refractivity contribution in [2.24, 2.45) is 10.2 Å². The van der Waals surface area contributed by atoms with Crippen LogP contribution < -0.4 is 4.90 Å². The smallest absolute Gasteiger partial charge is 0.242 e. The number of benzene rings is 2. The third kappa shape index (κ3) is 5.70. The monoisotopic (exact) mass is 408 g/mol. The summed E-state index contributed by atoms with van der Waals surface area (Å²) in [7, 11) is 4.03. The summed E-state index contributed by atoms with van der Waals surface area (Å²) in [5, 5.41) is 9.30. The van der Waals surface area contributed by atoms with Gasteiger partial charge in [0.2, 0.25) is 5.91 Å². The first-order chi connectivity index (χ1) is 14.1. The lowest BCUT2D eigenvalue weighted by Crippen LogP contribution is -2.31. The molecule has 5 nitrogen and oxygen atoms in total. The van der Waals surface area contributed by atoms with Crippen LogP contribution in [0.4, 0.5) is 5.69 Å². The number of nitrogens with zero attached hydrogens (tertiary/aromatic N) is 4. The fraction of sp³-hybridized carbons (Fsp3) is 0.348. The predicted molar refractivity (Wildman–Crippen MR) is 124 cm³/mol. The Kier molecular flexibility index (Phi) is 7.47. The van der Waals surface area contributed by atoms with Crippen LogP contribution in [0.25, 0.3) is 0 Å². The fourth-order valence-corrected chi connectivity index (χ4v) is 4.22. The van der Waals surface area contributed by atoms with E-state index in [0.717, 1.165) is 36.1 Å². The average Bonchev–Trinajstić information content (AvgIpc) is 3.02. The number of rotatable bonds is 8. The summed E-state index contributed by atoms with van der Waals surface area (Å²) in [6.45, 7) is 2.67. The van der Waals surface area contributed by atoms with E-state index < -0.39 is 0 Å². The summed E-state index contributed by atoms with van der Waals surface area (Å²) >= 11 is 1.53. The summed E-state index contributed by atoms with van der Waals surface area (Å²) in [6, 6.07) is 18.1. The molecule has 0 unspecified atom stereocenters. The Balaban J connectivity index is 1.76. The quantitative estimate of drug-likeness (QED) is 0.467. The molecule has 29 heavy (non-hydrogen) atoms. The van der Waals surface area contributed by atoms with E-state index in [9.17, 15) is 4.79 Å². The van der Waals surface area contributed by atoms with E-state index in [-0.39, 0.29) is 11.2 Å². The minimum absolute atomic E-state index is 0.0630. The zero-order chi connectivity index (χ0) is 20.6. The van der Waals surface area contributed by atoms with E-state index in [2.05, 4.69) is 22.0 Å². The highest BCUT2D eigenvalue weighted by Gasteiger charge is 2.37. The minimum Gasteiger partial charge on any atom is -0.378 e. The summed E-state index contributed by atoms with van der Waals surface area (Å²) < 4.78 is 0. The zero-order valence-electron chi connectivity index (χ0n) is 17.3. The Labute approximate surface area is 177 Å². The van der Waals surface area contributed by atoms with Crippen molar-refractivity contribution in [2.75, 3.05) is 19.0 Å². The van der Waals surface area contributed by atoms with Gasteiger partial charge in [-0.3, -0.25) is 9.69 Å². The Morgan fingerprint density at radius 3 is 2.48 bits per heavy atom. The van der Waals surface area contributed by atoms with Gasteiger partial charge in [-0.2, -0.15) is 5.10 Å². The van der Waals surface area contributed by atoms with E-state index >= 15 is 0 Å². The molecule has 1 amide bonds. The summed E-state index contributed by atoms with van der Waals surface area (Å²) in [4.78, 5) is 16.8. The zero-order valence-corrected chi connectivity index (χ0v) is 18.1. The van der Waals surface area contributed by atoms with Crippen molar-refractivity contribution in [1.82, 2.24) is 4.90 Å². The topological polar surface area (TPSA) is 48.3 Å². The van der Waals surface area contributed by atoms with Crippen molar-refractivity contribution >= 4 is 34.7 Å². The number of carbonyl (C=O) groups excluding carboxylic acids is 1. The summed E-state index contributed by atoms with van der Waals surface area (Å²) in [5.41, 5.74) is 3.21. The molecule has 1 saturated heterocycles. The van der Waals surface area contributed by atoms with Gasteiger partial charge >= 0.3 is 0 Å². The first-order valence-electron chi connectivity index (χ1n) is 9.99. The summed E-state index contributed by atoms with van der Waals surface area (Å²) in [6.07, 6.45) is 4.73. The number of anilines is 1. The van der Waals surface area contributed by atoms with E-state index in [4.69, 9.17) is 0 Å². The highest BCUT2D eigenvalue weighted by atomic mass is 32.2. The Morgan fingerprint density at radius 1 is 1.10 bits per heavy atom. The molecule has 1 aliphatic heterocycles. The molecule has 0 N–H and O–H groups in total. The van der Waals surface area contributed by atoms with Gasteiger partial charge in [-0.05, 0) is 29.7 Å². The van der Waals surface area contributed by atoms with Crippen molar-refractivity contribution < 1.29 is 4.79 Å². The number of thioether (sulfide) groups is 1. The molecule has 0 aromatic heterocycles. The van der Waals surface area contributed by atoms with Crippen LogP contribution in [-0.2, 0) is 11.3 Å². The summed E-state index contributed by atoms with van der Waals surface area (Å²) in [5.74, 6) is 0.136. The molecule has 6 heteroatoms. The van der Waals surface area contributed by atoms with Gasteiger partial charge in [0.25, 0.3) is 0 Å². The molecular weight excluding hydrogens is 380 g/mol. The number of hydrogen-bond acceptors (Lipinski definition) is 5. The third-order valence-electron chi connectivity index (χ3n) is 4.78. The SMILES string of the molecule is CCCC[C@H]1S/C(=N/N=C\c2ccc(N(C)C)cc2)N(Cc2ccccc2)C1=O. The second-order valence-corrected chi connectivity index (χ2v) is 8.44. The van der Waals surface area contributed by atoms with Crippen molar-refractivity contribution in [3.05, 3.63) is 65.7 Å².